The Kier molecular flexibility index (Phi) is 8.32. The van der Waals surface area contributed by atoms with Crippen LogP contribution in [-0.4, -0.2) is 38.6 Å². The maximum absolute atomic E-state index is 11.4. The standard InChI is InChI=1S/C23H36O5/c1-22(27,17-23(2)20(25)16-21(26)28-23)15-9-7-5-3-4-6-8-10-18-11-13-19(24)14-12-18/h11-14,20,24-25,27H,3-10,15-17H2,1-2H3/t20-,22+,23-/m0/s1. The maximum Gasteiger partial charge on any atom is 0.309 e. The van der Waals surface area contributed by atoms with Crippen molar-refractivity contribution in [2.24, 2.45) is 0 Å². The minimum Gasteiger partial charge on any atom is -0.508 e. The number of hydrogen-bond acceptors (Lipinski definition) is 5. The highest BCUT2D eigenvalue weighted by molar-refractivity contribution is 5.73. The van der Waals surface area contributed by atoms with E-state index in [0.717, 1.165) is 25.7 Å². The minimum absolute atomic E-state index is 0.0132. The Labute approximate surface area is 168 Å². The Morgan fingerprint density at radius 1 is 1.07 bits per heavy atom. The number of hydrogen-bond donors (Lipinski definition) is 3. The molecule has 0 radical (unpaired) electrons. The van der Waals surface area contributed by atoms with E-state index in [1.54, 1.807) is 26.0 Å². The molecule has 1 aromatic rings. The second-order valence-corrected chi connectivity index (χ2v) is 8.82. The summed E-state index contributed by atoms with van der Waals surface area (Å²) in [5.74, 6) is -0.0755. The van der Waals surface area contributed by atoms with Crippen molar-refractivity contribution in [1.29, 1.82) is 0 Å². The van der Waals surface area contributed by atoms with Crippen LogP contribution in [0.15, 0.2) is 24.3 Å². The number of carbonyl (C=O) groups is 1. The molecule has 1 saturated heterocycles. The second-order valence-electron chi connectivity index (χ2n) is 8.82. The fourth-order valence-electron chi connectivity index (χ4n) is 4.12. The zero-order valence-corrected chi connectivity index (χ0v) is 17.3. The summed E-state index contributed by atoms with van der Waals surface area (Å²) in [6.45, 7) is 3.47. The molecule has 3 atom stereocenters. The molecular weight excluding hydrogens is 356 g/mol. The van der Waals surface area contributed by atoms with Crippen LogP contribution >= 0.6 is 0 Å². The highest BCUT2D eigenvalue weighted by atomic mass is 16.6. The van der Waals surface area contributed by atoms with Crippen molar-refractivity contribution in [2.45, 2.75) is 102 Å². The van der Waals surface area contributed by atoms with Gasteiger partial charge in [-0.2, -0.15) is 0 Å². The predicted octanol–water partition coefficient (Wildman–Crippen LogP) is 4.26. The van der Waals surface area contributed by atoms with E-state index in [0.29, 0.717) is 12.2 Å². The van der Waals surface area contributed by atoms with E-state index < -0.39 is 23.3 Å². The number of cyclic esters (lactones) is 1. The Bertz CT molecular complexity index is 610. The van der Waals surface area contributed by atoms with E-state index >= 15 is 0 Å². The number of carbonyl (C=O) groups excluding carboxylic acids is 1. The van der Waals surface area contributed by atoms with Crippen molar-refractivity contribution in [2.75, 3.05) is 0 Å². The third-order valence-corrected chi connectivity index (χ3v) is 5.76. The van der Waals surface area contributed by atoms with Gasteiger partial charge in [-0.25, -0.2) is 0 Å². The summed E-state index contributed by atoms with van der Waals surface area (Å²) in [4.78, 5) is 11.4. The highest BCUT2D eigenvalue weighted by Crippen LogP contribution is 2.36. The topological polar surface area (TPSA) is 87.0 Å². The van der Waals surface area contributed by atoms with E-state index in [-0.39, 0.29) is 12.8 Å². The van der Waals surface area contributed by atoms with Crippen LogP contribution < -0.4 is 0 Å². The first kappa shape index (κ1) is 22.7. The Balaban J connectivity index is 1.51. The number of aryl methyl sites for hydroxylation is 1. The van der Waals surface area contributed by atoms with Crippen LogP contribution in [0.1, 0.15) is 83.6 Å². The summed E-state index contributed by atoms with van der Waals surface area (Å²) in [7, 11) is 0. The molecule has 0 aliphatic carbocycles. The number of esters is 1. The van der Waals surface area contributed by atoms with Gasteiger partial charge in [0.25, 0.3) is 0 Å². The first-order chi connectivity index (χ1) is 13.2. The maximum atomic E-state index is 11.4. The average molecular weight is 393 g/mol. The van der Waals surface area contributed by atoms with Crippen LogP contribution in [-0.2, 0) is 16.0 Å². The summed E-state index contributed by atoms with van der Waals surface area (Å²) < 4.78 is 5.26. The number of benzene rings is 1. The molecule has 0 aromatic heterocycles. The van der Waals surface area contributed by atoms with Crippen molar-refractivity contribution >= 4 is 5.97 Å². The normalized spacial score (nSPS) is 24.1. The molecule has 0 bridgehead atoms. The molecule has 0 spiro atoms. The molecule has 0 unspecified atom stereocenters. The quantitative estimate of drug-likeness (QED) is 0.365. The molecule has 158 valence electrons. The second kappa shape index (κ2) is 10.3. The molecule has 0 amide bonds. The number of phenols is 1. The highest BCUT2D eigenvalue weighted by Gasteiger charge is 2.48. The lowest BCUT2D eigenvalue weighted by atomic mass is 9.83. The molecule has 1 aromatic carbocycles. The molecule has 5 heteroatoms. The molecule has 1 aliphatic heterocycles. The number of ether oxygens (including phenoxy) is 1. The van der Waals surface area contributed by atoms with Gasteiger partial charge in [-0.15, -0.1) is 0 Å². The van der Waals surface area contributed by atoms with Crippen molar-refractivity contribution in [3.63, 3.8) is 0 Å². The van der Waals surface area contributed by atoms with E-state index in [1.165, 1.54) is 31.2 Å². The van der Waals surface area contributed by atoms with Crippen LogP contribution in [0.5, 0.6) is 5.75 Å². The lowest BCUT2D eigenvalue weighted by Gasteiger charge is -2.34. The van der Waals surface area contributed by atoms with E-state index in [1.807, 2.05) is 12.1 Å². The Hall–Kier alpha value is -1.59. The first-order valence-electron chi connectivity index (χ1n) is 10.6. The van der Waals surface area contributed by atoms with Gasteiger partial charge in [0.05, 0.1) is 12.0 Å². The Morgan fingerprint density at radius 2 is 1.64 bits per heavy atom. The molecule has 0 saturated carbocycles. The lowest BCUT2D eigenvalue weighted by molar-refractivity contribution is -0.155. The number of aliphatic hydroxyl groups excluding tert-OH is 1. The fraction of sp³-hybridized carbons (Fsp3) is 0.696. The molecule has 28 heavy (non-hydrogen) atoms. The van der Waals surface area contributed by atoms with Gasteiger partial charge in [0.15, 0.2) is 0 Å². The van der Waals surface area contributed by atoms with E-state index in [9.17, 15) is 20.1 Å². The number of aliphatic hydroxyl groups is 2. The third-order valence-electron chi connectivity index (χ3n) is 5.76. The van der Waals surface area contributed by atoms with E-state index in [4.69, 9.17) is 4.74 Å². The van der Waals surface area contributed by atoms with Crippen LogP contribution in [0.3, 0.4) is 0 Å². The SMILES string of the molecule is C[C@@](O)(CCCCCCCCCc1ccc(O)cc1)C[C@]1(C)OC(=O)C[C@@H]1O. The summed E-state index contributed by atoms with van der Waals surface area (Å²) in [6, 6.07) is 7.43. The van der Waals surface area contributed by atoms with Gasteiger partial charge in [0.1, 0.15) is 17.5 Å². The predicted molar refractivity (Wildman–Crippen MR) is 109 cm³/mol. The zero-order chi connectivity index (χ0) is 20.6. The van der Waals surface area contributed by atoms with Gasteiger partial charge in [-0.05, 0) is 50.8 Å². The minimum atomic E-state index is -0.974. The van der Waals surface area contributed by atoms with Gasteiger partial charge in [0.2, 0.25) is 0 Å². The van der Waals surface area contributed by atoms with Gasteiger partial charge in [0, 0.05) is 6.42 Å². The summed E-state index contributed by atoms with van der Waals surface area (Å²) >= 11 is 0. The average Bonchev–Trinajstić information content (AvgIpc) is 2.85. The molecular formula is C23H36O5. The van der Waals surface area contributed by atoms with Crippen molar-refractivity contribution in [3.8, 4) is 5.75 Å². The molecule has 1 heterocycles. The summed E-state index contributed by atoms with van der Waals surface area (Å²) in [5.41, 5.74) is -0.644. The Morgan fingerprint density at radius 3 is 2.21 bits per heavy atom. The molecule has 1 fully saturated rings. The van der Waals surface area contributed by atoms with Crippen LogP contribution in [0, 0.1) is 0 Å². The van der Waals surface area contributed by atoms with Gasteiger partial charge in [-0.1, -0.05) is 50.7 Å². The fourth-order valence-corrected chi connectivity index (χ4v) is 4.12. The number of phenolic OH excluding ortho intramolecular Hbond substituents is 1. The van der Waals surface area contributed by atoms with Crippen molar-refractivity contribution in [3.05, 3.63) is 29.8 Å². The monoisotopic (exact) mass is 392 g/mol. The smallest absolute Gasteiger partial charge is 0.309 e. The van der Waals surface area contributed by atoms with E-state index in [2.05, 4.69) is 0 Å². The van der Waals surface area contributed by atoms with Crippen LogP contribution in [0.4, 0.5) is 0 Å². The van der Waals surface area contributed by atoms with Crippen LogP contribution in [0.25, 0.3) is 0 Å². The molecule has 2 rings (SSSR count). The molecule has 5 nitrogen and oxygen atoms in total. The first-order valence-corrected chi connectivity index (χ1v) is 10.6. The van der Waals surface area contributed by atoms with Gasteiger partial charge in [-0.3, -0.25) is 4.79 Å². The zero-order valence-electron chi connectivity index (χ0n) is 17.3. The van der Waals surface area contributed by atoms with Gasteiger partial charge < -0.3 is 20.1 Å². The van der Waals surface area contributed by atoms with Crippen molar-refractivity contribution in [1.82, 2.24) is 0 Å². The number of unbranched alkanes of at least 4 members (excludes halogenated alkanes) is 6. The molecule has 1 aliphatic rings. The summed E-state index contributed by atoms with van der Waals surface area (Å²) in [6.07, 6.45) is 9.10. The third kappa shape index (κ3) is 7.44. The summed E-state index contributed by atoms with van der Waals surface area (Å²) in [5, 5.41) is 29.9. The van der Waals surface area contributed by atoms with Gasteiger partial charge >= 0.3 is 5.97 Å². The van der Waals surface area contributed by atoms with Crippen LogP contribution in [0.2, 0.25) is 0 Å². The van der Waals surface area contributed by atoms with Crippen molar-refractivity contribution < 1.29 is 24.9 Å². The number of rotatable bonds is 12. The number of aromatic hydroxyl groups is 1. The lowest BCUT2D eigenvalue weighted by Crippen LogP contribution is -2.44. The largest absolute Gasteiger partial charge is 0.508 e. The molecule has 3 N–H and O–H groups in total.